The molecule has 2 amide bonds. The Kier molecular flexibility index (Phi) is 21.0. The van der Waals surface area contributed by atoms with E-state index in [-0.39, 0.29) is 70.1 Å². The summed E-state index contributed by atoms with van der Waals surface area (Å²) < 4.78 is 23.8. The topological polar surface area (TPSA) is 129 Å². The molecule has 6 aromatic carbocycles. The molecule has 0 saturated heterocycles. The normalized spacial score (nSPS) is 16.1. The van der Waals surface area contributed by atoms with Crippen LogP contribution in [0.3, 0.4) is 0 Å². The fraction of sp³-hybridized carbons (Fsp3) is 0.487. The Bertz CT molecular complexity index is 3060. The smallest absolute Gasteiger partial charge is 0.306 e. The second-order valence-corrected chi connectivity index (χ2v) is 28.2. The van der Waals surface area contributed by atoms with Gasteiger partial charge in [-0.1, -0.05) is 177 Å². The van der Waals surface area contributed by atoms with Crippen LogP contribution < -0.4 is 20.1 Å². The molecule has 4 aliphatic rings. The number of ether oxygens (including phenoxy) is 4. The molecule has 0 spiro atoms. The van der Waals surface area contributed by atoms with Gasteiger partial charge in [0.2, 0.25) is 11.8 Å². The van der Waals surface area contributed by atoms with Gasteiger partial charge in [0.15, 0.2) is 0 Å². The molecule has 2 saturated carbocycles. The van der Waals surface area contributed by atoms with E-state index in [0.717, 1.165) is 132 Å². The van der Waals surface area contributed by atoms with E-state index in [1.807, 2.05) is 72.8 Å². The van der Waals surface area contributed by atoms with Gasteiger partial charge in [-0.25, -0.2) is 0 Å². The van der Waals surface area contributed by atoms with E-state index in [1.165, 1.54) is 75.3 Å². The molecule has 6 aromatic rings. The van der Waals surface area contributed by atoms with Crippen molar-refractivity contribution in [2.24, 2.45) is 10.8 Å². The zero-order valence-corrected chi connectivity index (χ0v) is 53.5. The average Bonchev–Trinajstić information content (AvgIpc) is 1.45. The highest BCUT2D eigenvalue weighted by atomic mass is 16.5. The number of carbonyl (C=O) groups is 4. The van der Waals surface area contributed by atoms with Gasteiger partial charge in [-0.05, 0) is 170 Å². The van der Waals surface area contributed by atoms with E-state index >= 15 is 0 Å². The van der Waals surface area contributed by atoms with Crippen molar-refractivity contribution in [2.45, 2.75) is 218 Å². The fourth-order valence-corrected chi connectivity index (χ4v) is 14.8. The van der Waals surface area contributed by atoms with Gasteiger partial charge in [-0.15, -0.1) is 0 Å². The highest BCUT2D eigenvalue weighted by Gasteiger charge is 2.35. The Hall–Kier alpha value is -7.20. The van der Waals surface area contributed by atoms with Crippen LogP contribution in [0.1, 0.15) is 239 Å². The number of para-hydroxylation sites is 4. The van der Waals surface area contributed by atoms with E-state index in [9.17, 15) is 19.2 Å². The SMILES string of the molecule is CC(C)(C)c1ccc(CCC2(CCCCOC(=O)CCC(=O)OCCCCC3(CCc4ccc(C(C)(C)C)c(NC(=O)CC5c6ccccc6Oc6ccccc65)c4)CCCCC3)CCCCC2)cc1NC(=O)CC1c2ccccc2Oc2ccccc21. The molecule has 10 rings (SSSR count). The maximum atomic E-state index is 14.1. The van der Waals surface area contributed by atoms with E-state index < -0.39 is 0 Å². The predicted molar refractivity (Wildman–Crippen MR) is 353 cm³/mol. The molecule has 2 N–H and O–H groups in total. The average molecular weight is 1190 g/mol. The summed E-state index contributed by atoms with van der Waals surface area (Å²) in [5.41, 5.74) is 10.8. The van der Waals surface area contributed by atoms with Crippen LogP contribution in [0.25, 0.3) is 0 Å². The van der Waals surface area contributed by atoms with Gasteiger partial charge in [-0.2, -0.15) is 0 Å². The monoisotopic (exact) mass is 1190 g/mol. The Morgan fingerprint density at radius 2 is 0.784 bits per heavy atom. The Balaban J connectivity index is 0.640. The molecule has 2 fully saturated rings. The van der Waals surface area contributed by atoms with Crippen LogP contribution in [0.15, 0.2) is 133 Å². The van der Waals surface area contributed by atoms with Crippen molar-refractivity contribution in [3.63, 3.8) is 0 Å². The number of esters is 2. The number of rotatable bonds is 25. The molecule has 466 valence electrons. The van der Waals surface area contributed by atoms with Gasteiger partial charge < -0.3 is 29.6 Å². The summed E-state index contributed by atoms with van der Waals surface area (Å²) in [4.78, 5) is 53.9. The maximum Gasteiger partial charge on any atom is 0.306 e. The standard InChI is InChI=1S/C78H96N2O8/c1-75(2,3)63-35-33-55(51-65(63)79-71(81)53-61-57-25-9-13-29-67(57)87-68-30-14-10-26-58(61)68)39-47-77(41-17-7-18-42-77)45-21-23-49-85-73(83)37-38-74(84)86-50-24-22-46-78(43-19-8-20-44-78)48-40-56-34-36-64(76(4,5)6)66(52-56)80-72(82)54-62-59-27-11-15-31-69(59)88-70-32-16-12-28-60(62)70/h9-16,25-36,51-52,61-62H,7-8,17-24,37-50,53-54H2,1-6H3,(H,79,81)(H,80,82). The zero-order chi connectivity index (χ0) is 61.7. The second-order valence-electron chi connectivity index (χ2n) is 28.2. The number of aryl methyl sites for hydroxylation is 2. The lowest BCUT2D eigenvalue weighted by molar-refractivity contribution is -0.150. The van der Waals surface area contributed by atoms with E-state index in [4.69, 9.17) is 18.9 Å². The molecule has 2 aliphatic heterocycles. The van der Waals surface area contributed by atoms with E-state index in [2.05, 4.69) is 113 Å². The van der Waals surface area contributed by atoms with Crippen LogP contribution in [-0.4, -0.2) is 37.0 Å². The van der Waals surface area contributed by atoms with E-state index in [1.54, 1.807) is 0 Å². The third-order valence-corrected chi connectivity index (χ3v) is 19.7. The summed E-state index contributed by atoms with van der Waals surface area (Å²) in [7, 11) is 0. The molecule has 88 heavy (non-hydrogen) atoms. The van der Waals surface area contributed by atoms with Gasteiger partial charge in [0.05, 0.1) is 26.1 Å². The molecule has 0 atom stereocenters. The van der Waals surface area contributed by atoms with Gasteiger partial charge >= 0.3 is 11.9 Å². The molecular weight excluding hydrogens is 1090 g/mol. The first-order chi connectivity index (χ1) is 42.4. The highest BCUT2D eigenvalue weighted by molar-refractivity contribution is 5.94. The molecule has 2 heterocycles. The lowest BCUT2D eigenvalue weighted by atomic mass is 9.68. The number of hydrogen-bond acceptors (Lipinski definition) is 8. The van der Waals surface area contributed by atoms with Crippen LogP contribution in [-0.2, 0) is 52.3 Å². The molecule has 0 aromatic heterocycles. The molecular formula is C78H96N2O8. The van der Waals surface area contributed by atoms with Crippen molar-refractivity contribution in [1.29, 1.82) is 0 Å². The second kappa shape index (κ2) is 29.0. The van der Waals surface area contributed by atoms with Gasteiger partial charge in [0.25, 0.3) is 0 Å². The van der Waals surface area contributed by atoms with Gasteiger partial charge in [-0.3, -0.25) is 19.2 Å². The third-order valence-electron chi connectivity index (χ3n) is 19.7. The lowest BCUT2D eigenvalue weighted by Crippen LogP contribution is -2.25. The summed E-state index contributed by atoms with van der Waals surface area (Å²) in [6, 6.07) is 45.5. The number of fused-ring (bicyclic) bond motifs is 4. The number of anilines is 2. The van der Waals surface area contributed by atoms with E-state index in [0.29, 0.717) is 26.1 Å². The van der Waals surface area contributed by atoms with Crippen molar-refractivity contribution in [3.05, 3.63) is 178 Å². The molecule has 0 unspecified atom stereocenters. The lowest BCUT2D eigenvalue weighted by Gasteiger charge is -2.38. The predicted octanol–water partition coefficient (Wildman–Crippen LogP) is 19.5. The third kappa shape index (κ3) is 16.5. The first kappa shape index (κ1) is 63.8. The van der Waals surface area contributed by atoms with Crippen molar-refractivity contribution >= 4 is 35.1 Å². The van der Waals surface area contributed by atoms with Crippen LogP contribution >= 0.6 is 0 Å². The number of benzene rings is 6. The minimum atomic E-state index is -0.345. The summed E-state index contributed by atoms with van der Waals surface area (Å²) in [5.74, 6) is 2.29. The minimum Gasteiger partial charge on any atom is -0.466 e. The minimum absolute atomic E-state index is 0.0121. The Morgan fingerprint density at radius 1 is 0.443 bits per heavy atom. The first-order valence-electron chi connectivity index (χ1n) is 33.3. The summed E-state index contributed by atoms with van der Waals surface area (Å²) >= 11 is 0. The van der Waals surface area contributed by atoms with Crippen LogP contribution in [0.5, 0.6) is 23.0 Å². The van der Waals surface area contributed by atoms with Crippen molar-refractivity contribution in [1.82, 2.24) is 0 Å². The van der Waals surface area contributed by atoms with Crippen molar-refractivity contribution in [2.75, 3.05) is 23.8 Å². The number of unbranched alkanes of at least 4 members (excludes halogenated alkanes) is 2. The fourth-order valence-electron chi connectivity index (χ4n) is 14.8. The first-order valence-corrected chi connectivity index (χ1v) is 33.3. The molecule has 0 bridgehead atoms. The largest absolute Gasteiger partial charge is 0.466 e. The number of nitrogens with one attached hydrogen (secondary N) is 2. The molecule has 2 aliphatic carbocycles. The number of hydrogen-bond donors (Lipinski definition) is 2. The quantitative estimate of drug-likeness (QED) is 0.0428. The zero-order valence-electron chi connectivity index (χ0n) is 53.5. The number of amides is 2. The van der Waals surface area contributed by atoms with Crippen LogP contribution in [0.4, 0.5) is 11.4 Å². The van der Waals surface area contributed by atoms with Gasteiger partial charge in [0.1, 0.15) is 23.0 Å². The number of carbonyl (C=O) groups excluding carboxylic acids is 4. The molecule has 0 radical (unpaired) electrons. The highest BCUT2D eigenvalue weighted by Crippen LogP contribution is 2.49. The van der Waals surface area contributed by atoms with Gasteiger partial charge in [0, 0.05) is 58.3 Å². The van der Waals surface area contributed by atoms with Crippen LogP contribution in [0, 0.1) is 10.8 Å². The summed E-state index contributed by atoms with van der Waals surface area (Å²) in [6.45, 7) is 13.9. The van der Waals surface area contributed by atoms with Crippen molar-refractivity contribution < 1.29 is 38.1 Å². The Morgan fingerprint density at radius 3 is 1.12 bits per heavy atom. The van der Waals surface area contributed by atoms with Crippen molar-refractivity contribution in [3.8, 4) is 23.0 Å². The Labute approximate surface area is 524 Å². The molecule has 10 heteroatoms. The van der Waals surface area contributed by atoms with Crippen LogP contribution in [0.2, 0.25) is 0 Å². The molecule has 10 nitrogen and oxygen atoms in total. The summed E-state index contributed by atoms with van der Waals surface area (Å²) in [6.07, 6.45) is 22.8. The maximum absolute atomic E-state index is 14.1. The summed E-state index contributed by atoms with van der Waals surface area (Å²) in [5, 5.41) is 6.76.